The highest BCUT2D eigenvalue weighted by atomic mass is 32.2. The first-order valence-corrected chi connectivity index (χ1v) is 11.5. The van der Waals surface area contributed by atoms with Crippen molar-refractivity contribution in [1.29, 1.82) is 0 Å². The summed E-state index contributed by atoms with van der Waals surface area (Å²) in [6.45, 7) is 3.30. The Kier molecular flexibility index (Phi) is 5.79. The van der Waals surface area contributed by atoms with Gasteiger partial charge in [-0.25, -0.2) is 0 Å². The first kappa shape index (κ1) is 17.9. The van der Waals surface area contributed by atoms with Gasteiger partial charge in [-0.3, -0.25) is 14.9 Å². The molecule has 3 aliphatic heterocycles. The molecule has 4 fully saturated rings. The molecule has 0 aromatic heterocycles. The van der Waals surface area contributed by atoms with Crippen molar-refractivity contribution in [3.05, 3.63) is 0 Å². The van der Waals surface area contributed by atoms with E-state index < -0.39 is 0 Å². The second-order valence-electron chi connectivity index (χ2n) is 7.38. The molecule has 140 valence electrons. The second-order valence-corrected chi connectivity index (χ2v) is 9.98. The number of amides is 2. The number of nitrogens with one attached hydrogen (secondary N) is 3. The van der Waals surface area contributed by atoms with Crippen molar-refractivity contribution in [2.75, 3.05) is 31.9 Å². The normalized spacial score (nSPS) is 38.4. The van der Waals surface area contributed by atoms with Crippen LogP contribution < -0.4 is 16.0 Å². The maximum absolute atomic E-state index is 12.8. The Labute approximate surface area is 158 Å². The number of rotatable bonds is 3. The van der Waals surface area contributed by atoms with Crippen LogP contribution in [-0.2, 0) is 9.59 Å². The Balaban J connectivity index is 1.33. The predicted molar refractivity (Wildman–Crippen MR) is 103 cm³/mol. The molecule has 3 saturated heterocycles. The molecule has 2 amide bonds. The van der Waals surface area contributed by atoms with Gasteiger partial charge in [0.15, 0.2) is 0 Å². The molecule has 4 aliphatic rings. The fourth-order valence-electron chi connectivity index (χ4n) is 4.32. The third kappa shape index (κ3) is 3.96. The van der Waals surface area contributed by atoms with Gasteiger partial charge in [0.05, 0.1) is 11.3 Å². The minimum absolute atomic E-state index is 0.0666. The van der Waals surface area contributed by atoms with E-state index in [4.69, 9.17) is 0 Å². The van der Waals surface area contributed by atoms with Gasteiger partial charge in [-0.05, 0) is 25.0 Å². The molecule has 1 aliphatic carbocycles. The first-order valence-electron chi connectivity index (χ1n) is 9.55. The van der Waals surface area contributed by atoms with E-state index in [0.717, 1.165) is 38.4 Å². The molecule has 0 radical (unpaired) electrons. The van der Waals surface area contributed by atoms with Crippen LogP contribution in [0.3, 0.4) is 0 Å². The topological polar surface area (TPSA) is 73.5 Å². The van der Waals surface area contributed by atoms with E-state index in [1.165, 1.54) is 25.7 Å². The van der Waals surface area contributed by atoms with Gasteiger partial charge >= 0.3 is 0 Å². The van der Waals surface area contributed by atoms with Gasteiger partial charge in [0, 0.05) is 37.5 Å². The van der Waals surface area contributed by atoms with Crippen LogP contribution in [-0.4, -0.2) is 70.7 Å². The van der Waals surface area contributed by atoms with E-state index >= 15 is 0 Å². The van der Waals surface area contributed by atoms with Crippen LogP contribution in [0.2, 0.25) is 0 Å². The molecule has 8 heteroatoms. The highest BCUT2D eigenvalue weighted by molar-refractivity contribution is 8.01. The van der Waals surface area contributed by atoms with Gasteiger partial charge in [0.1, 0.15) is 5.37 Å². The van der Waals surface area contributed by atoms with Gasteiger partial charge in [-0.2, -0.15) is 0 Å². The van der Waals surface area contributed by atoms with Crippen molar-refractivity contribution in [2.24, 2.45) is 5.92 Å². The minimum atomic E-state index is -0.149. The number of nitrogens with zero attached hydrogens (tertiary/aromatic N) is 1. The lowest BCUT2D eigenvalue weighted by Crippen LogP contribution is -2.52. The summed E-state index contributed by atoms with van der Waals surface area (Å²) in [6.07, 6.45) is 5.82. The van der Waals surface area contributed by atoms with E-state index in [0.29, 0.717) is 11.3 Å². The molecular formula is C17H28N4O2S2. The summed E-state index contributed by atoms with van der Waals surface area (Å²) in [6, 6.07) is 0.490. The smallest absolute Gasteiger partial charge is 0.248 e. The highest BCUT2D eigenvalue weighted by Gasteiger charge is 2.42. The molecule has 25 heavy (non-hydrogen) atoms. The van der Waals surface area contributed by atoms with Gasteiger partial charge in [-0.1, -0.05) is 12.8 Å². The summed E-state index contributed by atoms with van der Waals surface area (Å²) in [4.78, 5) is 27.5. The number of carbonyl (C=O) groups excluding carboxylic acids is 2. The largest absolute Gasteiger partial charge is 0.341 e. The third-order valence-corrected chi connectivity index (χ3v) is 8.55. The number of hydrogen-bond acceptors (Lipinski definition) is 6. The molecular weight excluding hydrogens is 356 g/mol. The molecule has 3 heterocycles. The third-order valence-electron chi connectivity index (χ3n) is 5.74. The Bertz CT molecular complexity index is 501. The quantitative estimate of drug-likeness (QED) is 0.661. The average Bonchev–Trinajstić information content (AvgIpc) is 3.28. The molecule has 0 spiro atoms. The van der Waals surface area contributed by atoms with E-state index in [-0.39, 0.29) is 28.5 Å². The molecule has 0 aromatic rings. The molecule has 4 rings (SSSR count). The van der Waals surface area contributed by atoms with Gasteiger partial charge in [0.25, 0.3) is 0 Å². The molecule has 1 saturated carbocycles. The standard InChI is InChI=1S/C17H28N4O2S2/c22-14(16-19-12-3-1-2-4-13(12)25-16)20-15-11(5-10-24-15)17(23)21-8-6-18-7-9-21/h11-13,15-16,18-19H,1-10H2,(H,20,22). The van der Waals surface area contributed by atoms with Crippen molar-refractivity contribution in [2.45, 2.75) is 54.1 Å². The van der Waals surface area contributed by atoms with Crippen LogP contribution in [0.4, 0.5) is 0 Å². The lowest BCUT2D eigenvalue weighted by Gasteiger charge is -2.31. The zero-order valence-electron chi connectivity index (χ0n) is 14.5. The maximum Gasteiger partial charge on any atom is 0.248 e. The van der Waals surface area contributed by atoms with Crippen LogP contribution in [0.1, 0.15) is 32.1 Å². The number of carbonyl (C=O) groups is 2. The lowest BCUT2D eigenvalue weighted by atomic mass is 9.95. The average molecular weight is 385 g/mol. The molecule has 3 N–H and O–H groups in total. The van der Waals surface area contributed by atoms with Crippen molar-refractivity contribution in [3.8, 4) is 0 Å². The van der Waals surface area contributed by atoms with Crippen molar-refractivity contribution in [3.63, 3.8) is 0 Å². The van der Waals surface area contributed by atoms with Gasteiger partial charge in [-0.15, -0.1) is 23.5 Å². The fraction of sp³-hybridized carbons (Fsp3) is 0.882. The minimum Gasteiger partial charge on any atom is -0.341 e. The zero-order valence-corrected chi connectivity index (χ0v) is 16.2. The van der Waals surface area contributed by atoms with Gasteiger partial charge < -0.3 is 15.5 Å². The van der Waals surface area contributed by atoms with Crippen LogP contribution >= 0.6 is 23.5 Å². The number of hydrogen-bond donors (Lipinski definition) is 3. The van der Waals surface area contributed by atoms with E-state index in [1.807, 2.05) is 4.90 Å². The molecule has 0 aromatic carbocycles. The molecule has 0 bridgehead atoms. The summed E-state index contributed by atoms with van der Waals surface area (Å²) in [5.74, 6) is 1.17. The lowest BCUT2D eigenvalue weighted by molar-refractivity contribution is -0.136. The van der Waals surface area contributed by atoms with E-state index in [1.54, 1.807) is 23.5 Å². The van der Waals surface area contributed by atoms with E-state index in [9.17, 15) is 9.59 Å². The van der Waals surface area contributed by atoms with E-state index in [2.05, 4.69) is 16.0 Å². The van der Waals surface area contributed by atoms with Crippen LogP contribution in [0, 0.1) is 5.92 Å². The molecule has 6 nitrogen and oxygen atoms in total. The summed E-state index contributed by atoms with van der Waals surface area (Å²) >= 11 is 3.51. The Hall–Kier alpha value is -0.440. The number of fused-ring (bicyclic) bond motifs is 1. The predicted octanol–water partition coefficient (Wildman–Crippen LogP) is 0.587. The number of piperazine rings is 1. The summed E-state index contributed by atoms with van der Waals surface area (Å²) in [5.41, 5.74) is 0. The monoisotopic (exact) mass is 384 g/mol. The fourth-order valence-corrected chi connectivity index (χ4v) is 7.15. The summed E-state index contributed by atoms with van der Waals surface area (Å²) in [7, 11) is 0. The first-order chi connectivity index (χ1) is 12.2. The SMILES string of the molecule is O=C(NC1SCCC1C(=O)N1CCNCC1)C1NC2CCCCC2S1. The number of thioether (sulfide) groups is 2. The van der Waals surface area contributed by atoms with Crippen LogP contribution in [0.15, 0.2) is 0 Å². The molecule has 5 atom stereocenters. The molecule has 5 unspecified atom stereocenters. The highest BCUT2D eigenvalue weighted by Crippen LogP contribution is 2.38. The Morgan fingerprint density at radius 1 is 1.08 bits per heavy atom. The van der Waals surface area contributed by atoms with Crippen LogP contribution in [0.5, 0.6) is 0 Å². The van der Waals surface area contributed by atoms with Crippen LogP contribution in [0.25, 0.3) is 0 Å². The maximum atomic E-state index is 12.8. The van der Waals surface area contributed by atoms with Gasteiger partial charge in [0.2, 0.25) is 11.8 Å². The summed E-state index contributed by atoms with van der Waals surface area (Å²) in [5, 5.41) is 10.3. The second kappa shape index (κ2) is 8.06. The Morgan fingerprint density at radius 3 is 2.68 bits per heavy atom. The summed E-state index contributed by atoms with van der Waals surface area (Å²) < 4.78 is 0. The van der Waals surface area contributed by atoms with Crippen molar-refractivity contribution < 1.29 is 9.59 Å². The Morgan fingerprint density at radius 2 is 1.88 bits per heavy atom. The van der Waals surface area contributed by atoms with Crippen molar-refractivity contribution >= 4 is 35.3 Å². The van der Waals surface area contributed by atoms with Crippen molar-refractivity contribution in [1.82, 2.24) is 20.9 Å². The zero-order chi connectivity index (χ0) is 17.2.